The first-order chi connectivity index (χ1) is 9.52. The number of aromatic nitrogens is 3. The van der Waals surface area contributed by atoms with Crippen molar-refractivity contribution < 1.29 is 4.74 Å². The third-order valence-corrected chi connectivity index (χ3v) is 3.14. The number of nitrogens with two attached hydrogens (primary N) is 1. The van der Waals surface area contributed by atoms with Crippen molar-refractivity contribution in [3.05, 3.63) is 39.9 Å². The summed E-state index contributed by atoms with van der Waals surface area (Å²) in [7, 11) is 0. The summed E-state index contributed by atoms with van der Waals surface area (Å²) in [6.07, 6.45) is 4.90. The summed E-state index contributed by atoms with van der Waals surface area (Å²) < 4.78 is 5.58. The van der Waals surface area contributed by atoms with Gasteiger partial charge in [-0.3, -0.25) is 4.98 Å². The van der Waals surface area contributed by atoms with Gasteiger partial charge in [-0.05, 0) is 6.92 Å². The van der Waals surface area contributed by atoms with E-state index in [1.165, 1.54) is 18.6 Å². The molecule has 0 amide bonds. The van der Waals surface area contributed by atoms with Crippen LogP contribution in [0.5, 0.6) is 6.01 Å². The number of nitrogens with zero attached hydrogens (tertiary/aromatic N) is 3. The first-order valence-corrected chi connectivity index (χ1v) is 6.37. The van der Waals surface area contributed by atoms with Gasteiger partial charge in [-0.25, -0.2) is 4.98 Å². The van der Waals surface area contributed by atoms with Crippen molar-refractivity contribution in [1.82, 2.24) is 15.0 Å². The normalized spacial score (nSPS) is 11.9. The van der Waals surface area contributed by atoms with Crippen molar-refractivity contribution in [2.45, 2.75) is 13.0 Å². The van der Waals surface area contributed by atoms with E-state index in [9.17, 15) is 0 Å². The van der Waals surface area contributed by atoms with Gasteiger partial charge in [0.15, 0.2) is 0 Å². The monoisotopic (exact) mass is 311 g/mol. The van der Waals surface area contributed by atoms with Crippen LogP contribution in [0.1, 0.15) is 24.3 Å². The highest BCUT2D eigenvalue weighted by molar-refractivity contribution is 6.35. The Morgan fingerprint density at radius 2 is 1.95 bits per heavy atom. The standard InChI is InChI=1S/C12H11Cl2N5O/c1-6(11-7(13)3-17-4-8(11)14)20-12-18-5-9(16)10(2-15)19-12/h2-6,15H,16H2,1H3/t6-/m1/s1. The zero-order valence-corrected chi connectivity index (χ0v) is 12.0. The van der Waals surface area contributed by atoms with E-state index in [0.717, 1.165) is 6.21 Å². The number of halogens is 2. The van der Waals surface area contributed by atoms with Crippen LogP contribution in [0.2, 0.25) is 10.0 Å². The lowest BCUT2D eigenvalue weighted by Crippen LogP contribution is -2.09. The van der Waals surface area contributed by atoms with Crippen molar-refractivity contribution in [2.75, 3.05) is 5.73 Å². The summed E-state index contributed by atoms with van der Waals surface area (Å²) in [6.45, 7) is 1.76. The molecule has 2 aromatic heterocycles. The van der Waals surface area contributed by atoms with Gasteiger partial charge in [0.2, 0.25) is 0 Å². The van der Waals surface area contributed by atoms with Crippen LogP contribution in [0.25, 0.3) is 0 Å². The van der Waals surface area contributed by atoms with E-state index < -0.39 is 6.10 Å². The SMILES string of the molecule is C[C@@H](Oc1ncc(N)c(C=N)n1)c1c(Cl)cncc1Cl. The van der Waals surface area contributed by atoms with Gasteiger partial charge >= 0.3 is 6.01 Å². The molecule has 0 unspecified atom stereocenters. The predicted octanol–water partition coefficient (Wildman–Crippen LogP) is 2.90. The van der Waals surface area contributed by atoms with E-state index >= 15 is 0 Å². The molecule has 6 nitrogen and oxygen atoms in total. The van der Waals surface area contributed by atoms with Crippen molar-refractivity contribution >= 4 is 35.1 Å². The average Bonchev–Trinajstić information content (AvgIpc) is 2.40. The van der Waals surface area contributed by atoms with Crippen LogP contribution in [0.3, 0.4) is 0 Å². The number of rotatable bonds is 4. The van der Waals surface area contributed by atoms with E-state index in [4.69, 9.17) is 39.1 Å². The molecule has 8 heteroatoms. The first kappa shape index (κ1) is 14.5. The van der Waals surface area contributed by atoms with E-state index in [2.05, 4.69) is 15.0 Å². The fraction of sp³-hybridized carbons (Fsp3) is 0.167. The van der Waals surface area contributed by atoms with Gasteiger partial charge in [-0.1, -0.05) is 23.2 Å². The highest BCUT2D eigenvalue weighted by atomic mass is 35.5. The molecule has 0 aliphatic carbocycles. The van der Waals surface area contributed by atoms with E-state index in [0.29, 0.717) is 21.3 Å². The van der Waals surface area contributed by atoms with Gasteiger partial charge in [-0.2, -0.15) is 4.98 Å². The molecule has 1 atom stereocenters. The predicted molar refractivity (Wildman–Crippen MR) is 77.6 cm³/mol. The molecule has 0 saturated carbocycles. The lowest BCUT2D eigenvalue weighted by molar-refractivity contribution is 0.207. The number of pyridine rings is 1. The number of nitrogens with one attached hydrogen (secondary N) is 1. The second-order valence-electron chi connectivity index (χ2n) is 3.91. The summed E-state index contributed by atoms with van der Waals surface area (Å²) in [6, 6.07) is 0.0918. The van der Waals surface area contributed by atoms with E-state index in [1.807, 2.05) is 0 Å². The Balaban J connectivity index is 2.28. The molecule has 2 rings (SSSR count). The van der Waals surface area contributed by atoms with Gasteiger partial charge in [0, 0.05) is 24.2 Å². The molecule has 0 fully saturated rings. The summed E-state index contributed by atoms with van der Waals surface area (Å²) in [4.78, 5) is 11.8. The van der Waals surface area contributed by atoms with Crippen LogP contribution in [-0.2, 0) is 0 Å². The largest absolute Gasteiger partial charge is 0.455 e. The van der Waals surface area contributed by atoms with Gasteiger partial charge in [0.05, 0.1) is 21.9 Å². The molecule has 0 bridgehead atoms. The zero-order chi connectivity index (χ0) is 14.7. The van der Waals surface area contributed by atoms with Gasteiger partial charge in [0.25, 0.3) is 0 Å². The molecular weight excluding hydrogens is 301 g/mol. The van der Waals surface area contributed by atoms with Crippen LogP contribution in [0.4, 0.5) is 5.69 Å². The Labute approximate surface area is 125 Å². The van der Waals surface area contributed by atoms with Crippen molar-refractivity contribution in [3.8, 4) is 6.01 Å². The number of anilines is 1. The minimum atomic E-state index is -0.472. The average molecular weight is 312 g/mol. The third-order valence-electron chi connectivity index (χ3n) is 2.54. The number of hydrogen-bond donors (Lipinski definition) is 2. The highest BCUT2D eigenvalue weighted by Crippen LogP contribution is 2.31. The molecule has 0 aromatic carbocycles. The maximum Gasteiger partial charge on any atom is 0.317 e. The molecular formula is C12H11Cl2N5O. The first-order valence-electron chi connectivity index (χ1n) is 5.61. The molecule has 0 aliphatic rings. The van der Waals surface area contributed by atoms with Crippen LogP contribution >= 0.6 is 23.2 Å². The Bertz CT molecular complexity index is 629. The van der Waals surface area contributed by atoms with Crippen molar-refractivity contribution in [2.24, 2.45) is 0 Å². The lowest BCUT2D eigenvalue weighted by Gasteiger charge is -2.16. The highest BCUT2D eigenvalue weighted by Gasteiger charge is 2.17. The number of ether oxygens (including phenoxy) is 1. The van der Waals surface area contributed by atoms with Crippen LogP contribution < -0.4 is 10.5 Å². The molecule has 0 spiro atoms. The second-order valence-corrected chi connectivity index (χ2v) is 4.73. The molecule has 0 saturated heterocycles. The Morgan fingerprint density at radius 3 is 2.55 bits per heavy atom. The second kappa shape index (κ2) is 6.02. The summed E-state index contributed by atoms with van der Waals surface area (Å²) in [5.74, 6) is 0. The fourth-order valence-electron chi connectivity index (χ4n) is 1.59. The van der Waals surface area contributed by atoms with E-state index in [1.54, 1.807) is 6.92 Å². The Hall–Kier alpha value is -1.92. The molecule has 20 heavy (non-hydrogen) atoms. The summed E-state index contributed by atoms with van der Waals surface area (Å²) in [5, 5.41) is 7.99. The van der Waals surface area contributed by atoms with Crippen molar-refractivity contribution in [1.29, 1.82) is 5.41 Å². The Morgan fingerprint density at radius 1 is 1.30 bits per heavy atom. The van der Waals surface area contributed by atoms with Crippen LogP contribution in [-0.4, -0.2) is 21.2 Å². The lowest BCUT2D eigenvalue weighted by atomic mass is 10.2. The minimum Gasteiger partial charge on any atom is -0.455 e. The van der Waals surface area contributed by atoms with Crippen molar-refractivity contribution in [3.63, 3.8) is 0 Å². The number of hydrogen-bond acceptors (Lipinski definition) is 6. The molecule has 3 N–H and O–H groups in total. The topological polar surface area (TPSA) is 97.8 Å². The molecule has 2 heterocycles. The third kappa shape index (κ3) is 2.97. The maximum absolute atomic E-state index is 7.19. The van der Waals surface area contributed by atoms with Gasteiger partial charge < -0.3 is 15.9 Å². The zero-order valence-electron chi connectivity index (χ0n) is 10.5. The quantitative estimate of drug-likeness (QED) is 0.846. The molecule has 2 aromatic rings. The maximum atomic E-state index is 7.19. The smallest absolute Gasteiger partial charge is 0.317 e. The summed E-state index contributed by atoms with van der Waals surface area (Å²) >= 11 is 12.1. The summed E-state index contributed by atoms with van der Waals surface area (Å²) in [5.41, 5.74) is 6.80. The molecule has 104 valence electrons. The van der Waals surface area contributed by atoms with Gasteiger partial charge in [-0.15, -0.1) is 0 Å². The molecule has 0 aliphatic heterocycles. The van der Waals surface area contributed by atoms with Crippen LogP contribution in [0.15, 0.2) is 18.6 Å². The van der Waals surface area contributed by atoms with E-state index in [-0.39, 0.29) is 11.7 Å². The minimum absolute atomic E-state index is 0.0918. The Kier molecular flexibility index (Phi) is 4.36. The number of nitrogen functional groups attached to an aromatic ring is 1. The van der Waals surface area contributed by atoms with Gasteiger partial charge in [0.1, 0.15) is 11.8 Å². The fourth-order valence-corrected chi connectivity index (χ4v) is 2.26. The molecule has 0 radical (unpaired) electrons. The van der Waals surface area contributed by atoms with Crippen LogP contribution in [0, 0.1) is 5.41 Å².